The maximum absolute atomic E-state index is 11.3. The van der Waals surface area contributed by atoms with Crippen molar-refractivity contribution < 1.29 is 9.90 Å². The molecule has 1 heterocycles. The monoisotopic (exact) mass is 359 g/mol. The van der Waals surface area contributed by atoms with Gasteiger partial charge in [0.15, 0.2) is 5.69 Å². The molecule has 1 aromatic carbocycles. The maximum atomic E-state index is 11.3. The summed E-state index contributed by atoms with van der Waals surface area (Å²) in [6.07, 6.45) is 0. The van der Waals surface area contributed by atoms with E-state index in [2.05, 4.69) is 20.9 Å². The highest BCUT2D eigenvalue weighted by atomic mass is 79.9. The first kappa shape index (κ1) is 14.5. The van der Waals surface area contributed by atoms with Crippen LogP contribution in [0.3, 0.4) is 0 Å². The lowest BCUT2D eigenvalue weighted by Gasteiger charge is -2.03. The highest BCUT2D eigenvalue weighted by Crippen LogP contribution is 2.38. The van der Waals surface area contributed by atoms with Crippen LogP contribution >= 0.6 is 38.9 Å². The summed E-state index contributed by atoms with van der Waals surface area (Å²) in [4.78, 5) is 16.1. The normalized spacial score (nSPS) is 11.0. The minimum Gasteiger partial charge on any atom is -0.476 e. The van der Waals surface area contributed by atoms with Gasteiger partial charge < -0.3 is 5.11 Å². The van der Waals surface area contributed by atoms with Crippen molar-refractivity contribution in [1.82, 2.24) is 4.98 Å². The molecule has 0 atom stereocenters. The molecule has 0 amide bonds. The lowest BCUT2D eigenvalue weighted by Crippen LogP contribution is -1.99. The largest absolute Gasteiger partial charge is 0.476 e. The number of aromatic carboxylic acids is 1. The van der Waals surface area contributed by atoms with Crippen LogP contribution in [0, 0.1) is 0 Å². The van der Waals surface area contributed by atoms with Gasteiger partial charge in [-0.1, -0.05) is 41.4 Å². The van der Waals surface area contributed by atoms with Gasteiger partial charge in [-0.25, -0.2) is 9.78 Å². The first-order chi connectivity index (χ1) is 8.90. The number of hydrogen-bond acceptors (Lipinski definition) is 3. The molecule has 3 nitrogen and oxygen atoms in total. The van der Waals surface area contributed by atoms with Crippen LogP contribution in [-0.4, -0.2) is 16.1 Å². The van der Waals surface area contributed by atoms with Gasteiger partial charge in [-0.3, -0.25) is 0 Å². The fourth-order valence-electron chi connectivity index (χ4n) is 1.58. The summed E-state index contributed by atoms with van der Waals surface area (Å²) in [5.41, 5.74) is 0.756. The molecule has 0 saturated carbocycles. The Kier molecular flexibility index (Phi) is 4.28. The molecule has 0 saturated heterocycles. The first-order valence-corrected chi connectivity index (χ1v) is 7.58. The smallest absolute Gasteiger partial charge is 0.356 e. The standard InChI is InChI=1S/C13H11BrClNO2S/c1-6(2)12-16-10(13(17)18)11(19-12)8-5-7(14)3-4-9(8)15/h3-6H,1-2H3,(H,17,18). The van der Waals surface area contributed by atoms with Crippen LogP contribution in [0.25, 0.3) is 10.4 Å². The minimum atomic E-state index is -1.03. The number of benzene rings is 1. The van der Waals surface area contributed by atoms with Crippen molar-refractivity contribution in [1.29, 1.82) is 0 Å². The topological polar surface area (TPSA) is 50.2 Å². The number of hydrogen-bond donors (Lipinski definition) is 1. The Morgan fingerprint density at radius 2 is 2.16 bits per heavy atom. The van der Waals surface area contributed by atoms with Crippen LogP contribution in [0.15, 0.2) is 22.7 Å². The van der Waals surface area contributed by atoms with Crippen LogP contribution < -0.4 is 0 Å². The average molecular weight is 361 g/mol. The van der Waals surface area contributed by atoms with Gasteiger partial charge in [-0.15, -0.1) is 11.3 Å². The Bertz CT molecular complexity index is 640. The molecule has 0 radical (unpaired) electrons. The summed E-state index contributed by atoms with van der Waals surface area (Å²) in [7, 11) is 0. The van der Waals surface area contributed by atoms with E-state index in [0.29, 0.717) is 15.5 Å². The van der Waals surface area contributed by atoms with Gasteiger partial charge in [0, 0.05) is 21.0 Å². The van der Waals surface area contributed by atoms with Gasteiger partial charge in [-0.05, 0) is 18.2 Å². The zero-order valence-electron chi connectivity index (χ0n) is 10.3. The average Bonchev–Trinajstić information content (AvgIpc) is 2.77. The fourth-order valence-corrected chi connectivity index (χ4v) is 3.30. The third-order valence-corrected chi connectivity index (χ3v) is 4.73. The summed E-state index contributed by atoms with van der Waals surface area (Å²) in [6, 6.07) is 5.37. The van der Waals surface area contributed by atoms with Crippen LogP contribution in [0.5, 0.6) is 0 Å². The summed E-state index contributed by atoms with van der Waals surface area (Å²) >= 11 is 10.9. The summed E-state index contributed by atoms with van der Waals surface area (Å²) in [5.74, 6) is -0.850. The van der Waals surface area contributed by atoms with E-state index in [0.717, 1.165) is 9.48 Å². The van der Waals surface area contributed by atoms with Crippen LogP contribution in [-0.2, 0) is 0 Å². The number of carboxylic acids is 1. The van der Waals surface area contributed by atoms with E-state index in [-0.39, 0.29) is 11.6 Å². The molecule has 2 rings (SSSR count). The second-order valence-corrected chi connectivity index (χ2v) is 6.67. The SMILES string of the molecule is CC(C)c1nc(C(=O)O)c(-c2cc(Br)ccc2Cl)s1. The Balaban J connectivity index is 2.66. The highest BCUT2D eigenvalue weighted by Gasteiger charge is 2.21. The summed E-state index contributed by atoms with van der Waals surface area (Å²) in [5, 5.41) is 10.6. The molecule has 100 valence electrons. The lowest BCUT2D eigenvalue weighted by atomic mass is 10.1. The van der Waals surface area contributed by atoms with Gasteiger partial charge >= 0.3 is 5.97 Å². The molecule has 0 bridgehead atoms. The van der Waals surface area contributed by atoms with E-state index in [1.165, 1.54) is 11.3 Å². The molecule has 19 heavy (non-hydrogen) atoms. The number of carbonyl (C=O) groups is 1. The second kappa shape index (κ2) is 5.61. The molecule has 0 aliphatic heterocycles. The highest BCUT2D eigenvalue weighted by molar-refractivity contribution is 9.10. The number of aromatic nitrogens is 1. The lowest BCUT2D eigenvalue weighted by molar-refractivity contribution is 0.0692. The van der Waals surface area contributed by atoms with E-state index in [4.69, 9.17) is 11.6 Å². The van der Waals surface area contributed by atoms with Crippen molar-refractivity contribution in [2.75, 3.05) is 0 Å². The molecule has 0 spiro atoms. The van der Waals surface area contributed by atoms with Gasteiger partial charge in [0.1, 0.15) is 0 Å². The number of rotatable bonds is 3. The van der Waals surface area contributed by atoms with Gasteiger partial charge in [0.05, 0.1) is 9.88 Å². The molecular weight excluding hydrogens is 350 g/mol. The molecule has 0 unspecified atom stereocenters. The Labute approximate surface area is 128 Å². The summed E-state index contributed by atoms with van der Waals surface area (Å²) in [6.45, 7) is 3.97. The van der Waals surface area contributed by atoms with Crippen LogP contribution in [0.1, 0.15) is 35.3 Å². The molecule has 0 aliphatic rings. The van der Waals surface area contributed by atoms with E-state index >= 15 is 0 Å². The Hall–Kier alpha value is -0.910. The number of carboxylic acid groups (broad SMARTS) is 1. The van der Waals surface area contributed by atoms with Crippen LogP contribution in [0.2, 0.25) is 5.02 Å². The van der Waals surface area contributed by atoms with E-state index in [1.54, 1.807) is 6.07 Å². The van der Waals surface area contributed by atoms with E-state index in [9.17, 15) is 9.90 Å². The second-order valence-electron chi connectivity index (χ2n) is 4.31. The zero-order valence-corrected chi connectivity index (χ0v) is 13.4. The predicted octanol–water partition coefficient (Wildman–Crippen LogP) is 5.05. The van der Waals surface area contributed by atoms with Crippen molar-refractivity contribution in [2.24, 2.45) is 0 Å². The number of halogens is 2. The molecule has 6 heteroatoms. The quantitative estimate of drug-likeness (QED) is 0.833. The Morgan fingerprint density at radius 1 is 1.47 bits per heavy atom. The first-order valence-electron chi connectivity index (χ1n) is 5.59. The Morgan fingerprint density at radius 3 is 2.74 bits per heavy atom. The van der Waals surface area contributed by atoms with Gasteiger partial charge in [-0.2, -0.15) is 0 Å². The van der Waals surface area contributed by atoms with Crippen molar-refractivity contribution in [3.05, 3.63) is 38.4 Å². The molecule has 1 N–H and O–H groups in total. The van der Waals surface area contributed by atoms with Gasteiger partial charge in [0.2, 0.25) is 0 Å². The number of thiazole rings is 1. The maximum Gasteiger partial charge on any atom is 0.356 e. The van der Waals surface area contributed by atoms with E-state index in [1.807, 2.05) is 26.0 Å². The van der Waals surface area contributed by atoms with E-state index < -0.39 is 5.97 Å². The van der Waals surface area contributed by atoms with Crippen LogP contribution in [0.4, 0.5) is 0 Å². The fraction of sp³-hybridized carbons (Fsp3) is 0.231. The molecule has 1 aromatic heterocycles. The number of nitrogens with zero attached hydrogens (tertiary/aromatic N) is 1. The predicted molar refractivity (Wildman–Crippen MR) is 81.3 cm³/mol. The van der Waals surface area contributed by atoms with Gasteiger partial charge in [0.25, 0.3) is 0 Å². The molecule has 0 aliphatic carbocycles. The zero-order chi connectivity index (χ0) is 14.2. The third kappa shape index (κ3) is 2.99. The summed E-state index contributed by atoms with van der Waals surface area (Å²) < 4.78 is 0.850. The van der Waals surface area contributed by atoms with Crippen molar-refractivity contribution in [3.8, 4) is 10.4 Å². The van der Waals surface area contributed by atoms with Crippen molar-refractivity contribution >= 4 is 44.8 Å². The van der Waals surface area contributed by atoms with Crippen molar-refractivity contribution in [2.45, 2.75) is 19.8 Å². The molecular formula is C13H11BrClNO2S. The third-order valence-electron chi connectivity index (χ3n) is 2.51. The molecule has 0 fully saturated rings. The molecule has 2 aromatic rings. The minimum absolute atomic E-state index is 0.0636. The van der Waals surface area contributed by atoms with Crippen molar-refractivity contribution in [3.63, 3.8) is 0 Å².